The molecule has 1 aromatic heterocycles. The Hall–Kier alpha value is -3.14. The fourth-order valence-electron chi connectivity index (χ4n) is 4.20. The number of aromatic amines is 1. The van der Waals surface area contributed by atoms with E-state index in [9.17, 15) is 14.9 Å². The molecule has 0 radical (unpaired) electrons. The van der Waals surface area contributed by atoms with Crippen LogP contribution in [-0.2, 0) is 4.79 Å². The summed E-state index contributed by atoms with van der Waals surface area (Å²) in [6.07, 6.45) is 3.27. The van der Waals surface area contributed by atoms with Crippen LogP contribution >= 0.6 is 0 Å². The molecule has 29 heavy (non-hydrogen) atoms. The Morgan fingerprint density at radius 1 is 1.14 bits per heavy atom. The number of aromatic nitrogens is 2. The van der Waals surface area contributed by atoms with Gasteiger partial charge in [0.2, 0.25) is 11.9 Å². The first-order chi connectivity index (χ1) is 14.0. The third kappa shape index (κ3) is 3.51. The molecule has 2 aliphatic rings. The lowest BCUT2D eigenvalue weighted by Crippen LogP contribution is -2.40. The van der Waals surface area contributed by atoms with Crippen molar-refractivity contribution in [3.63, 3.8) is 0 Å². The van der Waals surface area contributed by atoms with Crippen molar-refractivity contribution < 1.29 is 4.79 Å². The van der Waals surface area contributed by atoms with Crippen LogP contribution in [0.15, 0.2) is 29.1 Å². The Morgan fingerprint density at radius 2 is 1.83 bits per heavy atom. The predicted molar refractivity (Wildman–Crippen MR) is 111 cm³/mol. The van der Waals surface area contributed by atoms with Crippen LogP contribution in [0, 0.1) is 17.2 Å². The van der Waals surface area contributed by atoms with Crippen LogP contribution in [0.1, 0.15) is 61.6 Å². The molecule has 2 N–H and O–H groups in total. The zero-order valence-electron chi connectivity index (χ0n) is 16.7. The monoisotopic (exact) mass is 391 g/mol. The summed E-state index contributed by atoms with van der Waals surface area (Å²) in [5.41, 5.74) is 1.99. The van der Waals surface area contributed by atoms with E-state index >= 15 is 0 Å². The number of H-pyrrole nitrogens is 1. The molecule has 0 unspecified atom stereocenters. The standard InChI is InChI=1S/C22H25N5O2/c1-13(2)14-6-8-15(9-7-14)17-16(12-23)20(28)24-19-18(17)21(29)26-22(25-19)27-10-4-3-5-11-27/h6-9,13,16-17H,3-5,10-11H2,1-2H3,(H2,24,25,26,28,29)/t16-,17-/m1/s1. The molecule has 0 spiro atoms. The normalized spacial score (nSPS) is 21.4. The molecular weight excluding hydrogens is 366 g/mol. The van der Waals surface area contributed by atoms with Crippen molar-refractivity contribution in [3.05, 3.63) is 51.3 Å². The lowest BCUT2D eigenvalue weighted by Gasteiger charge is -2.31. The largest absolute Gasteiger partial charge is 0.342 e. The second kappa shape index (κ2) is 7.70. The Kier molecular flexibility index (Phi) is 5.10. The summed E-state index contributed by atoms with van der Waals surface area (Å²) < 4.78 is 0. The highest BCUT2D eigenvalue weighted by atomic mass is 16.2. The van der Waals surface area contributed by atoms with E-state index in [0.717, 1.165) is 37.1 Å². The number of carbonyl (C=O) groups is 1. The van der Waals surface area contributed by atoms with E-state index in [1.807, 2.05) is 29.2 Å². The lowest BCUT2D eigenvalue weighted by molar-refractivity contribution is -0.119. The zero-order chi connectivity index (χ0) is 20.5. The summed E-state index contributed by atoms with van der Waals surface area (Å²) in [6.45, 7) is 5.87. The molecule has 1 aromatic carbocycles. The molecule has 1 saturated heterocycles. The van der Waals surface area contributed by atoms with Crippen molar-refractivity contribution in [1.29, 1.82) is 5.26 Å². The average Bonchev–Trinajstić information content (AvgIpc) is 2.73. The van der Waals surface area contributed by atoms with Gasteiger partial charge < -0.3 is 10.2 Å². The van der Waals surface area contributed by atoms with Crippen molar-refractivity contribution >= 4 is 17.7 Å². The average molecular weight is 391 g/mol. The van der Waals surface area contributed by atoms with Crippen LogP contribution in [0.25, 0.3) is 0 Å². The van der Waals surface area contributed by atoms with Crippen LogP contribution in [0.3, 0.4) is 0 Å². The summed E-state index contributed by atoms with van der Waals surface area (Å²) in [7, 11) is 0. The van der Waals surface area contributed by atoms with Gasteiger partial charge in [-0.2, -0.15) is 10.2 Å². The number of fused-ring (bicyclic) bond motifs is 1. The lowest BCUT2D eigenvalue weighted by atomic mass is 9.79. The number of rotatable bonds is 3. The summed E-state index contributed by atoms with van der Waals surface area (Å²) in [4.78, 5) is 35.2. The summed E-state index contributed by atoms with van der Waals surface area (Å²) in [6, 6.07) is 9.88. The highest BCUT2D eigenvalue weighted by Crippen LogP contribution is 2.38. The maximum absolute atomic E-state index is 13.1. The smallest absolute Gasteiger partial charge is 0.258 e. The van der Waals surface area contributed by atoms with Crippen LogP contribution in [0.2, 0.25) is 0 Å². The quantitative estimate of drug-likeness (QED) is 0.837. The van der Waals surface area contributed by atoms with Crippen molar-refractivity contribution in [1.82, 2.24) is 9.97 Å². The van der Waals surface area contributed by atoms with E-state index in [4.69, 9.17) is 0 Å². The predicted octanol–water partition coefficient (Wildman–Crippen LogP) is 3.11. The molecule has 7 nitrogen and oxygen atoms in total. The zero-order valence-corrected chi connectivity index (χ0v) is 16.7. The van der Waals surface area contributed by atoms with Crippen LogP contribution in [-0.4, -0.2) is 29.0 Å². The SMILES string of the molecule is CC(C)c1ccc([C@H]2c3c(nc(N4CCCCC4)[nH]c3=O)NC(=O)[C@@H]2C#N)cc1. The first-order valence-electron chi connectivity index (χ1n) is 10.2. The number of carbonyl (C=O) groups excluding carboxylic acids is 1. The van der Waals surface area contributed by atoms with Gasteiger partial charge in [0, 0.05) is 19.0 Å². The Morgan fingerprint density at radius 3 is 2.45 bits per heavy atom. The highest BCUT2D eigenvalue weighted by Gasteiger charge is 2.40. The molecule has 2 aliphatic heterocycles. The van der Waals surface area contributed by atoms with Gasteiger partial charge in [0.1, 0.15) is 11.7 Å². The van der Waals surface area contributed by atoms with Crippen LogP contribution < -0.4 is 15.8 Å². The minimum absolute atomic E-state index is 0.267. The van der Waals surface area contributed by atoms with Gasteiger partial charge in [-0.1, -0.05) is 38.1 Å². The topological polar surface area (TPSA) is 102 Å². The number of nitrogens with one attached hydrogen (secondary N) is 2. The van der Waals surface area contributed by atoms with Gasteiger partial charge in [-0.3, -0.25) is 14.6 Å². The van der Waals surface area contributed by atoms with Gasteiger partial charge in [-0.15, -0.1) is 0 Å². The second-order valence-electron chi connectivity index (χ2n) is 8.09. The number of anilines is 2. The molecule has 3 heterocycles. The Balaban J connectivity index is 1.80. The molecule has 2 atom stereocenters. The van der Waals surface area contributed by atoms with Gasteiger partial charge in [-0.05, 0) is 36.3 Å². The van der Waals surface area contributed by atoms with E-state index in [-0.39, 0.29) is 11.4 Å². The molecule has 1 amide bonds. The van der Waals surface area contributed by atoms with Crippen LogP contribution in [0.5, 0.6) is 0 Å². The number of piperidine rings is 1. The van der Waals surface area contributed by atoms with E-state index in [1.54, 1.807) is 0 Å². The number of nitrogens with zero attached hydrogens (tertiary/aromatic N) is 3. The molecule has 1 fully saturated rings. The van der Waals surface area contributed by atoms with Crippen molar-refractivity contribution in [3.8, 4) is 6.07 Å². The van der Waals surface area contributed by atoms with Crippen molar-refractivity contribution in [2.45, 2.75) is 44.9 Å². The molecule has 0 bridgehead atoms. The maximum Gasteiger partial charge on any atom is 0.258 e. The van der Waals surface area contributed by atoms with Crippen molar-refractivity contribution in [2.24, 2.45) is 5.92 Å². The Bertz CT molecular complexity index is 1010. The van der Waals surface area contributed by atoms with E-state index < -0.39 is 17.7 Å². The minimum Gasteiger partial charge on any atom is -0.342 e. The van der Waals surface area contributed by atoms with Crippen molar-refractivity contribution in [2.75, 3.05) is 23.3 Å². The first kappa shape index (κ1) is 19.2. The van der Waals surface area contributed by atoms with Gasteiger partial charge in [0.05, 0.1) is 11.6 Å². The molecule has 0 saturated carbocycles. The van der Waals surface area contributed by atoms with Gasteiger partial charge >= 0.3 is 0 Å². The summed E-state index contributed by atoms with van der Waals surface area (Å²) >= 11 is 0. The molecule has 150 valence electrons. The summed E-state index contributed by atoms with van der Waals surface area (Å²) in [5, 5.41) is 12.4. The fourth-order valence-corrected chi connectivity index (χ4v) is 4.20. The number of hydrogen-bond acceptors (Lipinski definition) is 5. The minimum atomic E-state index is -0.976. The van der Waals surface area contributed by atoms with Gasteiger partial charge in [-0.25, -0.2) is 0 Å². The highest BCUT2D eigenvalue weighted by molar-refractivity contribution is 5.97. The molecule has 0 aliphatic carbocycles. The van der Waals surface area contributed by atoms with E-state index in [1.165, 1.54) is 6.42 Å². The molecular formula is C22H25N5O2. The fraction of sp³-hybridized carbons (Fsp3) is 0.455. The number of amides is 1. The third-order valence-electron chi connectivity index (χ3n) is 5.87. The third-order valence-corrected chi connectivity index (χ3v) is 5.87. The van der Waals surface area contributed by atoms with Crippen LogP contribution in [0.4, 0.5) is 11.8 Å². The Labute approximate surface area is 169 Å². The van der Waals surface area contributed by atoms with Gasteiger partial charge in [0.25, 0.3) is 5.56 Å². The number of nitriles is 1. The second-order valence-corrected chi connectivity index (χ2v) is 8.09. The van der Waals surface area contributed by atoms with E-state index in [2.05, 4.69) is 35.2 Å². The van der Waals surface area contributed by atoms with Gasteiger partial charge in [0.15, 0.2) is 0 Å². The summed E-state index contributed by atoms with van der Waals surface area (Å²) in [5.74, 6) is -0.912. The maximum atomic E-state index is 13.1. The van der Waals surface area contributed by atoms with E-state index in [0.29, 0.717) is 17.4 Å². The number of benzene rings is 1. The molecule has 2 aromatic rings. The molecule has 4 rings (SSSR count). The number of hydrogen-bond donors (Lipinski definition) is 2. The first-order valence-corrected chi connectivity index (χ1v) is 10.2. The molecule has 7 heteroatoms.